The molecule has 0 saturated heterocycles. The molecule has 1 N–H and O–H groups in total. The molecular formula is C16H18N2O4. The summed E-state index contributed by atoms with van der Waals surface area (Å²) in [5, 5.41) is 0. The maximum Gasteiger partial charge on any atom is 0.276 e. The van der Waals surface area contributed by atoms with Crippen LogP contribution in [0.5, 0.6) is 11.5 Å². The Kier molecular flexibility index (Phi) is 4.83. The number of hydrogen-bond donors (Lipinski definition) is 1. The number of nitrogens with zero attached hydrogens (tertiary/aromatic N) is 1. The van der Waals surface area contributed by atoms with E-state index in [0.29, 0.717) is 17.0 Å². The second-order valence-electron chi connectivity index (χ2n) is 4.78. The van der Waals surface area contributed by atoms with Crippen LogP contribution in [-0.4, -0.2) is 30.6 Å². The summed E-state index contributed by atoms with van der Waals surface area (Å²) in [6.45, 7) is 3.45. The molecule has 6 heteroatoms. The Bertz CT molecular complexity index is 674. The van der Waals surface area contributed by atoms with E-state index in [1.165, 1.54) is 0 Å². The van der Waals surface area contributed by atoms with Crippen molar-refractivity contribution in [1.82, 2.24) is 4.68 Å². The smallest absolute Gasteiger partial charge is 0.276 e. The van der Waals surface area contributed by atoms with Gasteiger partial charge >= 0.3 is 0 Å². The van der Waals surface area contributed by atoms with E-state index in [0.717, 1.165) is 17.7 Å². The van der Waals surface area contributed by atoms with Crippen LogP contribution in [0.2, 0.25) is 0 Å². The van der Waals surface area contributed by atoms with E-state index in [1.807, 2.05) is 6.92 Å². The van der Waals surface area contributed by atoms with Crippen LogP contribution in [0.1, 0.15) is 21.7 Å². The SMILES string of the molecule is COc1ccc(OCC(=O)Nn2c(C)cc(C=O)c2C)cc1. The van der Waals surface area contributed by atoms with Crippen molar-refractivity contribution in [2.75, 3.05) is 19.1 Å². The third-order valence-electron chi connectivity index (χ3n) is 3.26. The Morgan fingerprint density at radius 2 is 1.86 bits per heavy atom. The molecule has 2 aromatic rings. The highest BCUT2D eigenvalue weighted by molar-refractivity contribution is 5.86. The van der Waals surface area contributed by atoms with Gasteiger partial charge in [-0.1, -0.05) is 0 Å². The van der Waals surface area contributed by atoms with Gasteiger partial charge in [-0.3, -0.25) is 19.7 Å². The number of amides is 1. The maximum absolute atomic E-state index is 11.9. The molecule has 1 aromatic carbocycles. The summed E-state index contributed by atoms with van der Waals surface area (Å²) in [7, 11) is 1.58. The summed E-state index contributed by atoms with van der Waals surface area (Å²) in [6.07, 6.45) is 0.763. The Hall–Kier alpha value is -2.76. The Morgan fingerprint density at radius 1 is 1.23 bits per heavy atom. The molecule has 2 rings (SSSR count). The third-order valence-corrected chi connectivity index (χ3v) is 3.26. The van der Waals surface area contributed by atoms with Crippen molar-refractivity contribution in [2.24, 2.45) is 0 Å². The number of carbonyl (C=O) groups excluding carboxylic acids is 2. The highest BCUT2D eigenvalue weighted by atomic mass is 16.5. The molecule has 0 aliphatic carbocycles. The minimum atomic E-state index is -0.310. The Balaban J connectivity index is 1.95. The predicted molar refractivity (Wildman–Crippen MR) is 82.2 cm³/mol. The summed E-state index contributed by atoms with van der Waals surface area (Å²) >= 11 is 0. The van der Waals surface area contributed by atoms with Crippen molar-refractivity contribution in [3.63, 3.8) is 0 Å². The van der Waals surface area contributed by atoms with Crippen LogP contribution >= 0.6 is 0 Å². The van der Waals surface area contributed by atoms with Gasteiger partial charge in [0.15, 0.2) is 12.9 Å². The molecular weight excluding hydrogens is 284 g/mol. The van der Waals surface area contributed by atoms with Gasteiger partial charge < -0.3 is 9.47 Å². The highest BCUT2D eigenvalue weighted by Gasteiger charge is 2.11. The zero-order valence-corrected chi connectivity index (χ0v) is 12.8. The summed E-state index contributed by atoms with van der Waals surface area (Å²) in [5.74, 6) is 0.984. The molecule has 1 heterocycles. The van der Waals surface area contributed by atoms with Gasteiger partial charge in [0, 0.05) is 17.0 Å². The van der Waals surface area contributed by atoms with E-state index >= 15 is 0 Å². The van der Waals surface area contributed by atoms with Gasteiger partial charge in [0.1, 0.15) is 11.5 Å². The summed E-state index contributed by atoms with van der Waals surface area (Å²) in [4.78, 5) is 22.8. The van der Waals surface area contributed by atoms with Crippen LogP contribution in [0.4, 0.5) is 0 Å². The lowest BCUT2D eigenvalue weighted by Gasteiger charge is -2.12. The molecule has 0 unspecified atom stereocenters. The van der Waals surface area contributed by atoms with Crippen molar-refractivity contribution in [1.29, 1.82) is 0 Å². The molecule has 0 atom stereocenters. The number of aromatic nitrogens is 1. The molecule has 0 bridgehead atoms. The van der Waals surface area contributed by atoms with Gasteiger partial charge in [0.05, 0.1) is 7.11 Å². The first-order valence-corrected chi connectivity index (χ1v) is 6.76. The first-order chi connectivity index (χ1) is 10.5. The topological polar surface area (TPSA) is 69.6 Å². The average molecular weight is 302 g/mol. The third kappa shape index (κ3) is 3.46. The van der Waals surface area contributed by atoms with Crippen LogP contribution in [0.3, 0.4) is 0 Å². The van der Waals surface area contributed by atoms with Crippen LogP contribution in [0.15, 0.2) is 30.3 Å². The van der Waals surface area contributed by atoms with E-state index in [-0.39, 0.29) is 12.5 Å². The number of nitrogens with one attached hydrogen (secondary N) is 1. The summed E-state index contributed by atoms with van der Waals surface area (Å²) in [5.41, 5.74) is 4.71. The molecule has 0 fully saturated rings. The quantitative estimate of drug-likeness (QED) is 0.829. The van der Waals surface area contributed by atoms with Crippen molar-refractivity contribution >= 4 is 12.2 Å². The molecule has 6 nitrogen and oxygen atoms in total. The standard InChI is InChI=1S/C16H18N2O4/c1-11-8-13(9-19)12(2)18(11)17-16(20)10-22-15-6-4-14(21-3)5-7-15/h4-9H,10H2,1-3H3,(H,17,20). The lowest BCUT2D eigenvalue weighted by atomic mass is 10.3. The molecule has 1 aromatic heterocycles. The van der Waals surface area contributed by atoms with Gasteiger partial charge in [0.25, 0.3) is 5.91 Å². The van der Waals surface area contributed by atoms with Crippen molar-refractivity contribution in [3.8, 4) is 11.5 Å². The zero-order valence-electron chi connectivity index (χ0n) is 12.8. The fraction of sp³-hybridized carbons (Fsp3) is 0.250. The van der Waals surface area contributed by atoms with Gasteiger partial charge in [-0.25, -0.2) is 0 Å². The number of ether oxygens (including phenoxy) is 2. The van der Waals surface area contributed by atoms with Gasteiger partial charge in [-0.05, 0) is 44.2 Å². The van der Waals surface area contributed by atoms with Crippen molar-refractivity contribution in [2.45, 2.75) is 13.8 Å². The molecule has 0 saturated carbocycles. The second-order valence-corrected chi connectivity index (χ2v) is 4.78. The van der Waals surface area contributed by atoms with Gasteiger partial charge in [0.2, 0.25) is 0 Å². The Morgan fingerprint density at radius 3 is 2.41 bits per heavy atom. The fourth-order valence-corrected chi connectivity index (χ4v) is 2.06. The van der Waals surface area contributed by atoms with Crippen LogP contribution < -0.4 is 14.9 Å². The molecule has 0 radical (unpaired) electrons. The highest BCUT2D eigenvalue weighted by Crippen LogP contribution is 2.17. The van der Waals surface area contributed by atoms with E-state index in [1.54, 1.807) is 49.0 Å². The first-order valence-electron chi connectivity index (χ1n) is 6.76. The number of aryl methyl sites for hydroxylation is 1. The maximum atomic E-state index is 11.9. The summed E-state index contributed by atoms with van der Waals surface area (Å²) in [6, 6.07) is 8.67. The Labute approximate surface area is 128 Å². The fourth-order valence-electron chi connectivity index (χ4n) is 2.06. The first kappa shape index (κ1) is 15.6. The van der Waals surface area contributed by atoms with E-state index < -0.39 is 0 Å². The molecule has 0 aliphatic rings. The summed E-state index contributed by atoms with van der Waals surface area (Å²) < 4.78 is 12.0. The van der Waals surface area contributed by atoms with E-state index in [4.69, 9.17) is 9.47 Å². The average Bonchev–Trinajstić information content (AvgIpc) is 2.81. The molecule has 0 aliphatic heterocycles. The minimum Gasteiger partial charge on any atom is -0.497 e. The van der Waals surface area contributed by atoms with Crippen molar-refractivity contribution in [3.05, 3.63) is 47.3 Å². The van der Waals surface area contributed by atoms with Crippen LogP contribution in [-0.2, 0) is 4.79 Å². The predicted octanol–water partition coefficient (Wildman–Crippen LogP) is 2.08. The molecule has 116 valence electrons. The second kappa shape index (κ2) is 6.80. The van der Waals surface area contributed by atoms with Gasteiger partial charge in [-0.15, -0.1) is 0 Å². The zero-order chi connectivity index (χ0) is 16.1. The number of aldehydes is 1. The lowest BCUT2D eigenvalue weighted by molar-refractivity contribution is -0.119. The minimum absolute atomic E-state index is 0.125. The number of methoxy groups -OCH3 is 1. The number of carbonyl (C=O) groups is 2. The van der Waals surface area contributed by atoms with Crippen LogP contribution in [0, 0.1) is 13.8 Å². The van der Waals surface area contributed by atoms with E-state index in [9.17, 15) is 9.59 Å². The lowest BCUT2D eigenvalue weighted by Crippen LogP contribution is -2.29. The monoisotopic (exact) mass is 302 g/mol. The molecule has 22 heavy (non-hydrogen) atoms. The van der Waals surface area contributed by atoms with Crippen LogP contribution in [0.25, 0.3) is 0 Å². The number of benzene rings is 1. The van der Waals surface area contributed by atoms with Gasteiger partial charge in [-0.2, -0.15) is 0 Å². The van der Waals surface area contributed by atoms with E-state index in [2.05, 4.69) is 5.43 Å². The molecule has 0 spiro atoms. The number of hydrogen-bond acceptors (Lipinski definition) is 4. The molecule has 1 amide bonds. The van der Waals surface area contributed by atoms with Crippen molar-refractivity contribution < 1.29 is 19.1 Å². The number of rotatable bonds is 6. The largest absolute Gasteiger partial charge is 0.497 e. The normalized spacial score (nSPS) is 10.1.